The van der Waals surface area contributed by atoms with Crippen LogP contribution in [0, 0.1) is 5.92 Å². The summed E-state index contributed by atoms with van der Waals surface area (Å²) in [5.74, 6) is -0.113. The Kier molecular flexibility index (Phi) is 5.73. The van der Waals surface area contributed by atoms with Gasteiger partial charge in [0.05, 0.1) is 21.7 Å². The molecule has 0 unspecified atom stereocenters. The average molecular weight is 436 g/mol. The van der Waals surface area contributed by atoms with E-state index >= 15 is 0 Å². The zero-order chi connectivity index (χ0) is 21.3. The van der Waals surface area contributed by atoms with Gasteiger partial charge in [-0.05, 0) is 55.9 Å². The number of amides is 1. The molecule has 1 aliphatic carbocycles. The summed E-state index contributed by atoms with van der Waals surface area (Å²) in [5.41, 5.74) is -0.0550. The molecule has 3 aromatic rings. The Bertz CT molecular complexity index is 1020. The molecule has 1 heterocycles. The molecule has 0 radical (unpaired) electrons. The van der Waals surface area contributed by atoms with Crippen LogP contribution < -0.4 is 5.32 Å². The van der Waals surface area contributed by atoms with Crippen LogP contribution in [0.1, 0.15) is 41.6 Å². The van der Waals surface area contributed by atoms with Crippen molar-refractivity contribution in [1.29, 1.82) is 0 Å². The van der Waals surface area contributed by atoms with Gasteiger partial charge in [-0.3, -0.25) is 9.48 Å². The SMILES string of the molecule is O=C(NC1CCC(Cn2cc3ccccc3n2)CC1)c1cc(C(F)(F)F)ccc1Cl. The normalized spacial score (nSPS) is 19.7. The number of nitrogens with zero attached hydrogens (tertiary/aromatic N) is 2. The number of alkyl halides is 3. The van der Waals surface area contributed by atoms with Crippen LogP contribution in [0.15, 0.2) is 48.7 Å². The second kappa shape index (κ2) is 8.30. The van der Waals surface area contributed by atoms with E-state index in [2.05, 4.69) is 10.4 Å². The van der Waals surface area contributed by atoms with Gasteiger partial charge in [0.25, 0.3) is 5.91 Å². The minimum Gasteiger partial charge on any atom is -0.349 e. The van der Waals surface area contributed by atoms with Crippen LogP contribution >= 0.6 is 11.6 Å². The maximum absolute atomic E-state index is 12.9. The quantitative estimate of drug-likeness (QED) is 0.571. The molecular weight excluding hydrogens is 415 g/mol. The number of aromatic nitrogens is 2. The minimum absolute atomic E-state index is 0.0138. The Morgan fingerprint density at radius 3 is 2.57 bits per heavy atom. The van der Waals surface area contributed by atoms with Crippen LogP contribution in [0.2, 0.25) is 5.02 Å². The average Bonchev–Trinajstić information content (AvgIpc) is 3.11. The summed E-state index contributed by atoms with van der Waals surface area (Å²) in [7, 11) is 0. The van der Waals surface area contributed by atoms with E-state index < -0.39 is 17.6 Å². The summed E-state index contributed by atoms with van der Waals surface area (Å²) >= 11 is 5.97. The smallest absolute Gasteiger partial charge is 0.349 e. The number of halogens is 4. The lowest BCUT2D eigenvalue weighted by molar-refractivity contribution is -0.137. The molecule has 2 aromatic carbocycles. The summed E-state index contributed by atoms with van der Waals surface area (Å²) in [6, 6.07) is 10.7. The summed E-state index contributed by atoms with van der Waals surface area (Å²) in [4.78, 5) is 12.5. The molecule has 1 N–H and O–H groups in total. The molecule has 8 heteroatoms. The van der Waals surface area contributed by atoms with Gasteiger partial charge in [0.1, 0.15) is 0 Å². The third-order valence-corrected chi connectivity index (χ3v) is 5.96. The van der Waals surface area contributed by atoms with Crippen molar-refractivity contribution in [2.24, 2.45) is 5.92 Å². The van der Waals surface area contributed by atoms with Crippen molar-refractivity contribution in [1.82, 2.24) is 15.1 Å². The Morgan fingerprint density at radius 2 is 1.87 bits per heavy atom. The van der Waals surface area contributed by atoms with Crippen LogP contribution in [0.25, 0.3) is 10.9 Å². The zero-order valence-corrected chi connectivity index (χ0v) is 16.9. The summed E-state index contributed by atoms with van der Waals surface area (Å²) in [6.07, 6.45) is 0.893. The third-order valence-electron chi connectivity index (χ3n) is 5.63. The molecule has 1 aliphatic rings. The van der Waals surface area contributed by atoms with E-state index in [0.29, 0.717) is 5.92 Å². The fraction of sp³-hybridized carbons (Fsp3) is 0.364. The molecule has 0 atom stereocenters. The van der Waals surface area contributed by atoms with E-state index in [0.717, 1.165) is 61.3 Å². The lowest BCUT2D eigenvalue weighted by Crippen LogP contribution is -2.38. The molecule has 1 amide bonds. The van der Waals surface area contributed by atoms with Gasteiger partial charge in [-0.1, -0.05) is 29.8 Å². The first-order valence-corrected chi connectivity index (χ1v) is 10.3. The highest BCUT2D eigenvalue weighted by Crippen LogP contribution is 2.32. The highest BCUT2D eigenvalue weighted by molar-refractivity contribution is 6.33. The van der Waals surface area contributed by atoms with Crippen molar-refractivity contribution in [3.05, 3.63) is 64.8 Å². The van der Waals surface area contributed by atoms with Gasteiger partial charge in [0, 0.05) is 24.2 Å². The third kappa shape index (κ3) is 4.61. The second-order valence-electron chi connectivity index (χ2n) is 7.79. The molecule has 0 saturated heterocycles. The zero-order valence-electron chi connectivity index (χ0n) is 16.1. The highest BCUT2D eigenvalue weighted by atomic mass is 35.5. The molecule has 1 aromatic heterocycles. The van der Waals surface area contributed by atoms with Gasteiger partial charge < -0.3 is 5.32 Å². The van der Waals surface area contributed by atoms with Crippen molar-refractivity contribution in [3.63, 3.8) is 0 Å². The van der Waals surface area contributed by atoms with Crippen LogP contribution in [0.5, 0.6) is 0 Å². The van der Waals surface area contributed by atoms with E-state index in [1.165, 1.54) is 0 Å². The predicted octanol–water partition coefficient (Wildman–Crippen LogP) is 5.70. The number of fused-ring (bicyclic) bond motifs is 1. The maximum atomic E-state index is 12.9. The first-order chi connectivity index (χ1) is 14.3. The molecule has 1 fully saturated rings. The summed E-state index contributed by atoms with van der Waals surface area (Å²) < 4.78 is 40.8. The van der Waals surface area contributed by atoms with Crippen LogP contribution in [0.3, 0.4) is 0 Å². The predicted molar refractivity (Wildman–Crippen MR) is 109 cm³/mol. The molecule has 158 valence electrons. The van der Waals surface area contributed by atoms with E-state index in [1.807, 2.05) is 35.1 Å². The van der Waals surface area contributed by atoms with Gasteiger partial charge in [0.2, 0.25) is 0 Å². The monoisotopic (exact) mass is 435 g/mol. The molecule has 0 bridgehead atoms. The Labute approximate surface area is 177 Å². The van der Waals surface area contributed by atoms with Crippen molar-refractivity contribution in [3.8, 4) is 0 Å². The van der Waals surface area contributed by atoms with Crippen LogP contribution in [-0.4, -0.2) is 21.7 Å². The van der Waals surface area contributed by atoms with E-state index in [4.69, 9.17) is 11.6 Å². The first-order valence-electron chi connectivity index (χ1n) is 9.89. The lowest BCUT2D eigenvalue weighted by Gasteiger charge is -2.29. The van der Waals surface area contributed by atoms with Crippen LogP contribution in [0.4, 0.5) is 13.2 Å². The van der Waals surface area contributed by atoms with Gasteiger partial charge in [0.15, 0.2) is 0 Å². The summed E-state index contributed by atoms with van der Waals surface area (Å²) in [5, 5.41) is 8.56. The van der Waals surface area contributed by atoms with Crippen molar-refractivity contribution in [2.45, 2.75) is 44.4 Å². The molecule has 0 spiro atoms. The molecular formula is C22H21ClF3N3O. The number of benzene rings is 2. The summed E-state index contributed by atoms with van der Waals surface area (Å²) in [6.45, 7) is 0.814. The van der Waals surface area contributed by atoms with E-state index in [9.17, 15) is 18.0 Å². The number of nitrogens with one attached hydrogen (secondary N) is 1. The molecule has 1 saturated carbocycles. The van der Waals surface area contributed by atoms with Gasteiger partial charge in [-0.25, -0.2) is 0 Å². The fourth-order valence-corrected chi connectivity index (χ4v) is 4.21. The van der Waals surface area contributed by atoms with E-state index in [-0.39, 0.29) is 16.6 Å². The Hall–Kier alpha value is -2.54. The fourth-order valence-electron chi connectivity index (χ4n) is 4.00. The number of carbonyl (C=O) groups excluding carboxylic acids is 1. The Balaban J connectivity index is 1.34. The van der Waals surface area contributed by atoms with Gasteiger partial charge >= 0.3 is 6.18 Å². The Morgan fingerprint density at radius 1 is 1.13 bits per heavy atom. The number of hydrogen-bond acceptors (Lipinski definition) is 2. The maximum Gasteiger partial charge on any atom is 0.416 e. The first kappa shape index (κ1) is 20.7. The van der Waals surface area contributed by atoms with Crippen molar-refractivity contribution in [2.75, 3.05) is 0 Å². The second-order valence-corrected chi connectivity index (χ2v) is 8.20. The number of rotatable bonds is 4. The number of hydrogen-bond donors (Lipinski definition) is 1. The lowest BCUT2D eigenvalue weighted by atomic mass is 9.86. The van der Waals surface area contributed by atoms with Crippen molar-refractivity contribution < 1.29 is 18.0 Å². The molecule has 4 nitrogen and oxygen atoms in total. The van der Waals surface area contributed by atoms with Crippen molar-refractivity contribution >= 4 is 28.4 Å². The molecule has 30 heavy (non-hydrogen) atoms. The minimum atomic E-state index is -4.52. The molecule has 0 aliphatic heterocycles. The van der Waals surface area contributed by atoms with E-state index in [1.54, 1.807) is 0 Å². The topological polar surface area (TPSA) is 46.9 Å². The number of carbonyl (C=O) groups is 1. The van der Waals surface area contributed by atoms with Crippen LogP contribution in [-0.2, 0) is 12.7 Å². The largest absolute Gasteiger partial charge is 0.416 e. The highest BCUT2D eigenvalue weighted by Gasteiger charge is 2.32. The standard InChI is InChI=1S/C22H21ClF3N3O/c23-19-10-7-16(22(24,25)26)11-18(19)21(30)27-17-8-5-14(6-9-17)12-29-13-15-3-1-2-4-20(15)28-29/h1-4,7,10-11,13-14,17H,5-6,8-9,12H2,(H,27,30). The molecule has 4 rings (SSSR count). The van der Waals surface area contributed by atoms with Gasteiger partial charge in [-0.2, -0.15) is 18.3 Å². The van der Waals surface area contributed by atoms with Gasteiger partial charge in [-0.15, -0.1) is 0 Å².